The minimum Gasteiger partial charge on any atom is -0.277 e. The van der Waals surface area contributed by atoms with Gasteiger partial charge in [0.2, 0.25) is 11.8 Å². The molecule has 0 aromatic rings. The lowest BCUT2D eigenvalue weighted by molar-refractivity contribution is -0.138. The van der Waals surface area contributed by atoms with E-state index in [1.54, 1.807) is 0 Å². The Bertz CT molecular complexity index is 337. The van der Waals surface area contributed by atoms with Crippen molar-refractivity contribution in [1.82, 2.24) is 10.2 Å². The van der Waals surface area contributed by atoms with E-state index < -0.39 is 11.9 Å². The molecular formula is C12H18N2O3. The molecule has 2 aliphatic rings. The summed E-state index contributed by atoms with van der Waals surface area (Å²) < 4.78 is 0. The average Bonchev–Trinajstić information content (AvgIpc) is 2.13. The van der Waals surface area contributed by atoms with Crippen molar-refractivity contribution in [3.05, 3.63) is 0 Å². The van der Waals surface area contributed by atoms with Crippen LogP contribution in [0.3, 0.4) is 0 Å². The zero-order valence-corrected chi connectivity index (χ0v) is 10.2. The zero-order valence-electron chi connectivity index (χ0n) is 10.2. The van der Waals surface area contributed by atoms with E-state index in [-0.39, 0.29) is 18.4 Å². The van der Waals surface area contributed by atoms with Crippen LogP contribution in [0.4, 0.5) is 4.79 Å². The number of hydrogen-bond acceptors (Lipinski definition) is 3. The number of urea groups is 1. The van der Waals surface area contributed by atoms with E-state index in [0.29, 0.717) is 11.8 Å². The predicted molar refractivity (Wildman–Crippen MR) is 61.0 cm³/mol. The Kier molecular flexibility index (Phi) is 3.17. The molecule has 2 unspecified atom stereocenters. The highest BCUT2D eigenvalue weighted by atomic mass is 16.2. The first kappa shape index (κ1) is 12.1. The Balaban J connectivity index is 2.12. The van der Waals surface area contributed by atoms with Crippen molar-refractivity contribution in [2.75, 3.05) is 0 Å². The summed E-state index contributed by atoms with van der Waals surface area (Å²) in [4.78, 5) is 35.8. The van der Waals surface area contributed by atoms with Crippen molar-refractivity contribution in [2.24, 2.45) is 11.8 Å². The van der Waals surface area contributed by atoms with Crippen LogP contribution in [0.1, 0.15) is 39.5 Å². The van der Waals surface area contributed by atoms with Gasteiger partial charge in [-0.1, -0.05) is 13.8 Å². The third-order valence-corrected chi connectivity index (χ3v) is 3.56. The van der Waals surface area contributed by atoms with Gasteiger partial charge < -0.3 is 0 Å². The van der Waals surface area contributed by atoms with Crippen molar-refractivity contribution >= 4 is 17.8 Å². The summed E-state index contributed by atoms with van der Waals surface area (Å²) >= 11 is 0. The van der Waals surface area contributed by atoms with Crippen LogP contribution in [0, 0.1) is 11.8 Å². The van der Waals surface area contributed by atoms with Gasteiger partial charge in [-0.15, -0.1) is 0 Å². The van der Waals surface area contributed by atoms with E-state index in [9.17, 15) is 14.4 Å². The summed E-state index contributed by atoms with van der Waals surface area (Å²) in [6.45, 7) is 4.28. The number of amides is 4. The lowest BCUT2D eigenvalue weighted by Crippen LogP contribution is -2.57. The van der Waals surface area contributed by atoms with Crippen LogP contribution in [-0.4, -0.2) is 28.8 Å². The third-order valence-electron chi connectivity index (χ3n) is 3.56. The summed E-state index contributed by atoms with van der Waals surface area (Å²) in [6, 6.07) is -0.591. The second kappa shape index (κ2) is 4.47. The van der Waals surface area contributed by atoms with E-state index in [1.807, 2.05) is 0 Å². The minimum absolute atomic E-state index is 0.0469. The highest BCUT2D eigenvalue weighted by molar-refractivity contribution is 6.14. The fraction of sp³-hybridized carbons (Fsp3) is 0.750. The number of barbiturate groups is 1. The van der Waals surface area contributed by atoms with Crippen LogP contribution in [0.25, 0.3) is 0 Å². The standard InChI is InChI=1S/C12H18N2O3/c1-7-3-8(2)5-9(4-7)14-11(16)6-10(15)13-12(14)17/h7-9H,3-6H2,1-2H3,(H,13,15,17). The van der Waals surface area contributed by atoms with Crippen LogP contribution >= 0.6 is 0 Å². The monoisotopic (exact) mass is 238 g/mol. The van der Waals surface area contributed by atoms with Crippen molar-refractivity contribution in [3.8, 4) is 0 Å². The average molecular weight is 238 g/mol. The molecule has 2 atom stereocenters. The van der Waals surface area contributed by atoms with Gasteiger partial charge in [0.25, 0.3) is 0 Å². The van der Waals surface area contributed by atoms with Gasteiger partial charge in [0, 0.05) is 6.04 Å². The van der Waals surface area contributed by atoms with Crippen molar-refractivity contribution in [1.29, 1.82) is 0 Å². The fourth-order valence-corrected chi connectivity index (χ4v) is 3.04. The van der Waals surface area contributed by atoms with E-state index in [0.717, 1.165) is 19.3 Å². The fourth-order valence-electron chi connectivity index (χ4n) is 3.04. The first-order valence-electron chi connectivity index (χ1n) is 6.13. The molecule has 94 valence electrons. The first-order chi connectivity index (χ1) is 7.97. The normalized spacial score (nSPS) is 34.8. The Morgan fingerprint density at radius 2 is 1.65 bits per heavy atom. The Labute approximate surface area is 101 Å². The highest BCUT2D eigenvalue weighted by Crippen LogP contribution is 2.32. The molecule has 0 aromatic heterocycles. The molecule has 2 rings (SSSR count). The molecule has 5 heteroatoms. The minimum atomic E-state index is -0.544. The Morgan fingerprint density at radius 1 is 1.06 bits per heavy atom. The second-order valence-electron chi connectivity index (χ2n) is 5.37. The number of imide groups is 2. The summed E-state index contributed by atoms with van der Waals surface area (Å²) in [5.74, 6) is 0.183. The summed E-state index contributed by atoms with van der Waals surface area (Å²) in [5, 5.41) is 2.21. The Hall–Kier alpha value is -1.39. The summed E-state index contributed by atoms with van der Waals surface area (Å²) in [7, 11) is 0. The van der Waals surface area contributed by atoms with Gasteiger partial charge >= 0.3 is 6.03 Å². The molecule has 1 aliphatic carbocycles. The van der Waals surface area contributed by atoms with Crippen molar-refractivity contribution in [2.45, 2.75) is 45.6 Å². The molecule has 1 heterocycles. The molecule has 1 N–H and O–H groups in total. The number of rotatable bonds is 1. The molecule has 0 radical (unpaired) electrons. The predicted octanol–water partition coefficient (Wildman–Crippen LogP) is 1.28. The summed E-state index contributed by atoms with van der Waals surface area (Å²) in [5.41, 5.74) is 0. The van der Waals surface area contributed by atoms with Gasteiger partial charge in [-0.3, -0.25) is 19.8 Å². The molecular weight excluding hydrogens is 220 g/mol. The molecule has 5 nitrogen and oxygen atoms in total. The molecule has 2 fully saturated rings. The Morgan fingerprint density at radius 3 is 2.18 bits per heavy atom. The maximum absolute atomic E-state index is 11.8. The maximum atomic E-state index is 11.8. The van der Waals surface area contributed by atoms with Crippen LogP contribution in [0.15, 0.2) is 0 Å². The number of nitrogens with one attached hydrogen (secondary N) is 1. The van der Waals surface area contributed by atoms with Gasteiger partial charge in [-0.05, 0) is 31.1 Å². The smallest absolute Gasteiger partial charge is 0.277 e. The lowest BCUT2D eigenvalue weighted by atomic mass is 9.79. The van der Waals surface area contributed by atoms with Gasteiger partial charge in [0.15, 0.2) is 0 Å². The van der Waals surface area contributed by atoms with E-state index in [4.69, 9.17) is 0 Å². The van der Waals surface area contributed by atoms with Crippen LogP contribution in [-0.2, 0) is 9.59 Å². The number of hydrogen-bond donors (Lipinski definition) is 1. The molecule has 0 spiro atoms. The molecule has 4 amide bonds. The van der Waals surface area contributed by atoms with Crippen molar-refractivity contribution in [3.63, 3.8) is 0 Å². The van der Waals surface area contributed by atoms with E-state index in [1.165, 1.54) is 4.90 Å². The van der Waals surface area contributed by atoms with Gasteiger partial charge in [0.1, 0.15) is 6.42 Å². The summed E-state index contributed by atoms with van der Waals surface area (Å²) in [6.07, 6.45) is 2.62. The van der Waals surface area contributed by atoms with Crippen LogP contribution < -0.4 is 5.32 Å². The molecule has 1 saturated heterocycles. The number of carbonyl (C=O) groups excluding carboxylic acids is 3. The van der Waals surface area contributed by atoms with Gasteiger partial charge in [0.05, 0.1) is 0 Å². The highest BCUT2D eigenvalue weighted by Gasteiger charge is 2.38. The topological polar surface area (TPSA) is 66.5 Å². The van der Waals surface area contributed by atoms with Crippen LogP contribution in [0.2, 0.25) is 0 Å². The zero-order chi connectivity index (χ0) is 12.6. The molecule has 1 saturated carbocycles. The molecule has 1 aliphatic heterocycles. The van der Waals surface area contributed by atoms with E-state index >= 15 is 0 Å². The van der Waals surface area contributed by atoms with Crippen molar-refractivity contribution < 1.29 is 14.4 Å². The number of carbonyl (C=O) groups is 3. The molecule has 0 aromatic carbocycles. The third kappa shape index (κ3) is 2.48. The molecule has 17 heavy (non-hydrogen) atoms. The first-order valence-corrected chi connectivity index (χ1v) is 6.13. The van der Waals surface area contributed by atoms with E-state index in [2.05, 4.69) is 19.2 Å². The van der Waals surface area contributed by atoms with Crippen LogP contribution in [0.5, 0.6) is 0 Å². The largest absolute Gasteiger partial charge is 0.331 e. The lowest BCUT2D eigenvalue weighted by Gasteiger charge is -2.39. The SMILES string of the molecule is CC1CC(C)CC(N2C(=O)CC(=O)NC2=O)C1. The van der Waals surface area contributed by atoms with Gasteiger partial charge in [-0.25, -0.2) is 4.79 Å². The second-order valence-corrected chi connectivity index (χ2v) is 5.37. The van der Waals surface area contributed by atoms with Gasteiger partial charge in [-0.2, -0.15) is 0 Å². The maximum Gasteiger partial charge on any atom is 0.331 e. The number of nitrogens with zero attached hydrogens (tertiary/aromatic N) is 1. The quantitative estimate of drug-likeness (QED) is 0.700. The molecule has 0 bridgehead atoms.